The maximum Gasteiger partial charge on any atom is 0.237 e. The lowest BCUT2D eigenvalue weighted by Gasteiger charge is -2.10. The normalized spacial score (nSPS) is 11.0. The van der Waals surface area contributed by atoms with Gasteiger partial charge in [-0.15, -0.1) is 10.2 Å². The van der Waals surface area contributed by atoms with E-state index in [0.29, 0.717) is 33.5 Å². The van der Waals surface area contributed by atoms with Gasteiger partial charge in [0, 0.05) is 34.2 Å². The quantitative estimate of drug-likeness (QED) is 0.291. The van der Waals surface area contributed by atoms with Crippen LogP contribution in [-0.2, 0) is 5.75 Å². The van der Waals surface area contributed by atoms with Gasteiger partial charge in [-0.3, -0.25) is 9.55 Å². The molecule has 0 aliphatic carbocycles. The van der Waals surface area contributed by atoms with Crippen LogP contribution in [0.4, 0.5) is 0 Å². The van der Waals surface area contributed by atoms with Crippen molar-refractivity contribution in [3.63, 3.8) is 0 Å². The minimum atomic E-state index is 0.429. The molecule has 8 nitrogen and oxygen atoms in total. The van der Waals surface area contributed by atoms with Gasteiger partial charge in [0.05, 0.1) is 12.9 Å². The molecule has 3 heterocycles. The molecular formula is C23H17ClN6O2S. The van der Waals surface area contributed by atoms with Crippen molar-refractivity contribution in [2.24, 2.45) is 0 Å². The second kappa shape index (κ2) is 9.43. The van der Waals surface area contributed by atoms with E-state index >= 15 is 0 Å². The van der Waals surface area contributed by atoms with Crippen LogP contribution in [0.2, 0.25) is 5.02 Å². The third-order valence-corrected chi connectivity index (χ3v) is 5.93. The minimum Gasteiger partial charge on any atom is -0.497 e. The van der Waals surface area contributed by atoms with Crippen LogP contribution in [-0.4, -0.2) is 37.0 Å². The molecule has 3 aromatic heterocycles. The molecule has 0 saturated heterocycles. The van der Waals surface area contributed by atoms with Crippen LogP contribution in [0.15, 0.2) is 82.7 Å². The zero-order valence-corrected chi connectivity index (χ0v) is 19.0. The first kappa shape index (κ1) is 21.2. The Morgan fingerprint density at radius 3 is 2.58 bits per heavy atom. The standard InChI is InChI=1S/C23H17ClN6O2S/c1-31-19-7-5-18(6-8-19)30-22(15-9-11-25-12-10-15)27-28-23(30)33-14-20-26-21(29-32-20)16-3-2-4-17(24)13-16/h2-13H,14H2,1H3. The number of pyridine rings is 1. The molecule has 0 amide bonds. The van der Waals surface area contributed by atoms with Gasteiger partial charge in [0.15, 0.2) is 11.0 Å². The predicted molar refractivity (Wildman–Crippen MR) is 125 cm³/mol. The van der Waals surface area contributed by atoms with Crippen molar-refractivity contribution < 1.29 is 9.26 Å². The first-order valence-electron chi connectivity index (χ1n) is 9.93. The molecule has 5 rings (SSSR count). The van der Waals surface area contributed by atoms with Crippen LogP contribution >= 0.6 is 23.4 Å². The molecule has 0 aliphatic rings. The summed E-state index contributed by atoms with van der Waals surface area (Å²) in [5, 5.41) is 14.2. The lowest BCUT2D eigenvalue weighted by atomic mass is 10.2. The van der Waals surface area contributed by atoms with Gasteiger partial charge in [0.2, 0.25) is 11.7 Å². The molecule has 0 radical (unpaired) electrons. The van der Waals surface area contributed by atoms with Crippen molar-refractivity contribution in [3.05, 3.63) is 84.0 Å². The highest BCUT2D eigenvalue weighted by atomic mass is 35.5. The number of rotatable bonds is 7. The van der Waals surface area contributed by atoms with Gasteiger partial charge in [-0.1, -0.05) is 40.7 Å². The Kier molecular flexibility index (Phi) is 6.05. The van der Waals surface area contributed by atoms with Crippen molar-refractivity contribution in [3.8, 4) is 34.2 Å². The third-order valence-electron chi connectivity index (χ3n) is 4.78. The molecule has 10 heteroatoms. The number of methoxy groups -OCH3 is 1. The number of hydrogen-bond donors (Lipinski definition) is 0. The number of hydrogen-bond acceptors (Lipinski definition) is 8. The maximum absolute atomic E-state index is 6.07. The van der Waals surface area contributed by atoms with Gasteiger partial charge in [-0.05, 0) is 48.5 Å². The molecule has 0 N–H and O–H groups in total. The number of thioether (sulfide) groups is 1. The van der Waals surface area contributed by atoms with Crippen LogP contribution in [0.5, 0.6) is 5.75 Å². The highest BCUT2D eigenvalue weighted by molar-refractivity contribution is 7.98. The maximum atomic E-state index is 6.07. The first-order chi connectivity index (χ1) is 16.2. The highest BCUT2D eigenvalue weighted by Crippen LogP contribution is 2.30. The molecular weight excluding hydrogens is 460 g/mol. The molecule has 33 heavy (non-hydrogen) atoms. The number of nitrogens with zero attached hydrogens (tertiary/aromatic N) is 6. The fourth-order valence-corrected chi connectivity index (χ4v) is 4.18. The molecule has 164 valence electrons. The summed E-state index contributed by atoms with van der Waals surface area (Å²) >= 11 is 7.52. The fraction of sp³-hybridized carbons (Fsp3) is 0.0870. The van der Waals surface area contributed by atoms with E-state index in [1.807, 2.05) is 53.1 Å². The summed E-state index contributed by atoms with van der Waals surface area (Å²) in [5.74, 6) is 2.87. The summed E-state index contributed by atoms with van der Waals surface area (Å²) in [7, 11) is 1.64. The van der Waals surface area contributed by atoms with E-state index in [2.05, 4.69) is 25.3 Å². The lowest BCUT2D eigenvalue weighted by Crippen LogP contribution is -2.00. The zero-order valence-electron chi connectivity index (χ0n) is 17.4. The van der Waals surface area contributed by atoms with Crippen molar-refractivity contribution >= 4 is 23.4 Å². The molecule has 0 spiro atoms. The van der Waals surface area contributed by atoms with Crippen molar-refractivity contribution in [1.82, 2.24) is 29.9 Å². The predicted octanol–water partition coefficient (Wildman–Crippen LogP) is 5.33. The van der Waals surface area contributed by atoms with Gasteiger partial charge in [0.25, 0.3) is 0 Å². The van der Waals surface area contributed by atoms with E-state index < -0.39 is 0 Å². The molecule has 0 atom stereocenters. The molecule has 0 aliphatic heterocycles. The second-order valence-electron chi connectivity index (χ2n) is 6.89. The first-order valence-corrected chi connectivity index (χ1v) is 11.3. The largest absolute Gasteiger partial charge is 0.497 e. The van der Waals surface area contributed by atoms with E-state index in [0.717, 1.165) is 22.6 Å². The monoisotopic (exact) mass is 476 g/mol. The Balaban J connectivity index is 1.44. The topological polar surface area (TPSA) is 91.8 Å². The number of halogens is 1. The smallest absolute Gasteiger partial charge is 0.237 e. The summed E-state index contributed by atoms with van der Waals surface area (Å²) in [6, 6.07) is 18.8. The van der Waals surface area contributed by atoms with Gasteiger partial charge in [-0.2, -0.15) is 4.98 Å². The van der Waals surface area contributed by atoms with Gasteiger partial charge in [0.1, 0.15) is 5.75 Å². The van der Waals surface area contributed by atoms with Gasteiger partial charge in [-0.25, -0.2) is 0 Å². The Bertz CT molecular complexity index is 1370. The average molecular weight is 477 g/mol. The van der Waals surface area contributed by atoms with Crippen molar-refractivity contribution in [1.29, 1.82) is 0 Å². The summed E-state index contributed by atoms with van der Waals surface area (Å²) in [5.41, 5.74) is 2.60. The number of ether oxygens (including phenoxy) is 1. The van der Waals surface area contributed by atoms with E-state index in [4.69, 9.17) is 20.9 Å². The van der Waals surface area contributed by atoms with E-state index in [1.54, 1.807) is 31.6 Å². The van der Waals surface area contributed by atoms with E-state index in [-0.39, 0.29) is 0 Å². The molecule has 0 unspecified atom stereocenters. The highest BCUT2D eigenvalue weighted by Gasteiger charge is 2.18. The minimum absolute atomic E-state index is 0.429. The third kappa shape index (κ3) is 4.59. The van der Waals surface area contributed by atoms with Crippen molar-refractivity contribution in [2.45, 2.75) is 10.9 Å². The van der Waals surface area contributed by atoms with Crippen molar-refractivity contribution in [2.75, 3.05) is 7.11 Å². The van der Waals surface area contributed by atoms with Gasteiger partial charge < -0.3 is 9.26 Å². The number of aromatic nitrogens is 6. The molecule has 2 aromatic carbocycles. The Morgan fingerprint density at radius 2 is 1.82 bits per heavy atom. The molecule has 5 aromatic rings. The summed E-state index contributed by atoms with van der Waals surface area (Å²) < 4.78 is 12.7. The summed E-state index contributed by atoms with van der Waals surface area (Å²) in [6.07, 6.45) is 3.45. The van der Waals surface area contributed by atoms with E-state index in [9.17, 15) is 0 Å². The van der Waals surface area contributed by atoms with E-state index in [1.165, 1.54) is 11.8 Å². The average Bonchev–Trinajstić information content (AvgIpc) is 3.51. The Labute approximate surface area is 198 Å². The Hall–Kier alpha value is -3.69. The lowest BCUT2D eigenvalue weighted by molar-refractivity contribution is 0.391. The SMILES string of the molecule is COc1ccc(-n2c(SCc3nc(-c4cccc(Cl)c4)no3)nnc2-c2ccncc2)cc1. The van der Waals surface area contributed by atoms with Crippen LogP contribution < -0.4 is 4.74 Å². The second-order valence-corrected chi connectivity index (χ2v) is 8.27. The summed E-state index contributed by atoms with van der Waals surface area (Å²) in [4.78, 5) is 8.58. The van der Waals surface area contributed by atoms with Gasteiger partial charge >= 0.3 is 0 Å². The van der Waals surface area contributed by atoms with Crippen LogP contribution in [0.3, 0.4) is 0 Å². The summed E-state index contributed by atoms with van der Waals surface area (Å²) in [6.45, 7) is 0. The molecule has 0 saturated carbocycles. The van der Waals surface area contributed by atoms with Crippen LogP contribution in [0, 0.1) is 0 Å². The zero-order chi connectivity index (χ0) is 22.6. The van der Waals surface area contributed by atoms with Crippen LogP contribution in [0.25, 0.3) is 28.5 Å². The Morgan fingerprint density at radius 1 is 1.00 bits per heavy atom. The fourth-order valence-electron chi connectivity index (χ4n) is 3.20. The van der Waals surface area contributed by atoms with Crippen LogP contribution in [0.1, 0.15) is 5.89 Å². The molecule has 0 bridgehead atoms. The number of benzene rings is 2. The molecule has 0 fully saturated rings.